The van der Waals surface area contributed by atoms with Gasteiger partial charge in [0.2, 0.25) is 0 Å². The Morgan fingerprint density at radius 2 is 2.12 bits per heavy atom. The molecule has 2 rings (SSSR count). The maximum atomic E-state index is 9.43. The van der Waals surface area contributed by atoms with Crippen molar-refractivity contribution in [2.45, 2.75) is 32.2 Å². The number of benzene rings is 1. The van der Waals surface area contributed by atoms with Gasteiger partial charge >= 0.3 is 7.12 Å². The average molecular weight is 216 g/mol. The number of rotatable bonds is 3. The van der Waals surface area contributed by atoms with Crippen molar-refractivity contribution in [3.63, 3.8) is 0 Å². The average Bonchev–Trinajstić information content (AvgIpc) is 2.32. The van der Waals surface area contributed by atoms with Gasteiger partial charge in [0.05, 0.1) is 6.10 Å². The van der Waals surface area contributed by atoms with Crippen LogP contribution in [0.15, 0.2) is 42.0 Å². The molecule has 0 radical (unpaired) electrons. The summed E-state index contributed by atoms with van der Waals surface area (Å²) in [4.78, 5) is 0. The van der Waals surface area contributed by atoms with Crippen LogP contribution in [0.4, 0.5) is 0 Å². The van der Waals surface area contributed by atoms with E-state index < -0.39 is 7.12 Å². The van der Waals surface area contributed by atoms with E-state index in [1.165, 1.54) is 11.1 Å². The van der Waals surface area contributed by atoms with Crippen LogP contribution in [0.2, 0.25) is 6.32 Å². The van der Waals surface area contributed by atoms with Gasteiger partial charge in [-0.25, -0.2) is 0 Å². The molecule has 0 aromatic heterocycles. The Morgan fingerprint density at radius 3 is 2.88 bits per heavy atom. The first-order valence-corrected chi connectivity index (χ1v) is 5.80. The maximum Gasteiger partial charge on any atom is 0.458 e. The van der Waals surface area contributed by atoms with E-state index in [-0.39, 0.29) is 6.10 Å². The highest BCUT2D eigenvalue weighted by Crippen LogP contribution is 2.20. The van der Waals surface area contributed by atoms with Crippen LogP contribution in [0.3, 0.4) is 0 Å². The van der Waals surface area contributed by atoms with Crippen molar-refractivity contribution in [1.29, 1.82) is 0 Å². The van der Waals surface area contributed by atoms with E-state index in [9.17, 15) is 5.02 Å². The molecule has 16 heavy (non-hydrogen) atoms. The van der Waals surface area contributed by atoms with Gasteiger partial charge in [-0.3, -0.25) is 0 Å². The molecule has 1 N–H and O–H groups in total. The Hall–Kier alpha value is -1.06. The van der Waals surface area contributed by atoms with E-state index in [1.807, 2.05) is 6.07 Å². The molecular formula is C13H17BO2. The zero-order valence-corrected chi connectivity index (χ0v) is 9.60. The van der Waals surface area contributed by atoms with Crippen molar-refractivity contribution in [2.75, 3.05) is 0 Å². The summed E-state index contributed by atoms with van der Waals surface area (Å²) in [5.74, 6) is 0. The smallest absolute Gasteiger partial charge is 0.427 e. The summed E-state index contributed by atoms with van der Waals surface area (Å²) in [5, 5.41) is 9.43. The fraction of sp³-hybridized carbons (Fsp3) is 0.385. The summed E-state index contributed by atoms with van der Waals surface area (Å²) in [7, 11) is -0.621. The van der Waals surface area contributed by atoms with Gasteiger partial charge in [-0.05, 0) is 25.3 Å². The molecule has 0 fully saturated rings. The molecule has 1 aromatic carbocycles. The minimum atomic E-state index is -0.621. The van der Waals surface area contributed by atoms with E-state index in [0.717, 1.165) is 12.8 Å². The van der Waals surface area contributed by atoms with E-state index in [2.05, 4.69) is 37.3 Å². The molecule has 0 bridgehead atoms. The molecule has 1 aliphatic rings. The molecule has 1 unspecified atom stereocenters. The van der Waals surface area contributed by atoms with Gasteiger partial charge in [-0.1, -0.05) is 42.0 Å². The standard InChI is InChI=1S/C13H17BO2/c1-11-9-10-14(15)16-13(11)8-7-12-5-3-2-4-6-12/h2-6,9,13,15H,7-8,10H2,1H3. The van der Waals surface area contributed by atoms with E-state index in [4.69, 9.17) is 4.65 Å². The summed E-state index contributed by atoms with van der Waals surface area (Å²) in [6, 6.07) is 10.4. The molecular weight excluding hydrogens is 199 g/mol. The number of hydrogen-bond acceptors (Lipinski definition) is 2. The van der Waals surface area contributed by atoms with Gasteiger partial charge in [-0.2, -0.15) is 0 Å². The van der Waals surface area contributed by atoms with Crippen LogP contribution in [0, 0.1) is 0 Å². The topological polar surface area (TPSA) is 29.5 Å². The molecule has 3 heteroatoms. The zero-order valence-electron chi connectivity index (χ0n) is 9.60. The molecule has 0 aliphatic carbocycles. The van der Waals surface area contributed by atoms with Crippen LogP contribution in [-0.2, 0) is 11.1 Å². The third-order valence-corrected chi connectivity index (χ3v) is 3.01. The predicted octanol–water partition coefficient (Wildman–Crippen LogP) is 2.44. The van der Waals surface area contributed by atoms with Crippen molar-refractivity contribution in [3.05, 3.63) is 47.5 Å². The Labute approximate surface area is 97.1 Å². The summed E-state index contributed by atoms with van der Waals surface area (Å²) in [5.41, 5.74) is 2.56. The first-order chi connectivity index (χ1) is 7.75. The Kier molecular flexibility index (Phi) is 3.81. The lowest BCUT2D eigenvalue weighted by Gasteiger charge is -2.24. The van der Waals surface area contributed by atoms with Crippen LogP contribution in [0.1, 0.15) is 18.9 Å². The molecule has 1 atom stereocenters. The monoisotopic (exact) mass is 216 g/mol. The minimum absolute atomic E-state index is 0.0731. The van der Waals surface area contributed by atoms with Crippen molar-refractivity contribution in [1.82, 2.24) is 0 Å². The van der Waals surface area contributed by atoms with Crippen molar-refractivity contribution in [3.8, 4) is 0 Å². The SMILES string of the molecule is CC1=CCB(O)OC1CCc1ccccc1. The van der Waals surface area contributed by atoms with E-state index in [0.29, 0.717) is 6.32 Å². The predicted molar refractivity (Wildman–Crippen MR) is 66.2 cm³/mol. The lowest BCUT2D eigenvalue weighted by Crippen LogP contribution is -2.30. The minimum Gasteiger partial charge on any atom is -0.427 e. The fourth-order valence-corrected chi connectivity index (χ4v) is 2.01. The lowest BCUT2D eigenvalue weighted by molar-refractivity contribution is 0.181. The molecule has 2 nitrogen and oxygen atoms in total. The third kappa shape index (κ3) is 2.97. The second-order valence-electron chi connectivity index (χ2n) is 4.29. The molecule has 0 saturated carbocycles. The van der Waals surface area contributed by atoms with Crippen molar-refractivity contribution in [2.24, 2.45) is 0 Å². The fourth-order valence-electron chi connectivity index (χ4n) is 2.01. The van der Waals surface area contributed by atoms with Crippen LogP contribution in [0.25, 0.3) is 0 Å². The quantitative estimate of drug-likeness (QED) is 0.621. The Bertz CT molecular complexity index is 361. The Balaban J connectivity index is 1.90. The van der Waals surface area contributed by atoms with Crippen LogP contribution >= 0.6 is 0 Å². The summed E-state index contributed by atoms with van der Waals surface area (Å²) in [6.45, 7) is 2.07. The highest BCUT2D eigenvalue weighted by Gasteiger charge is 2.24. The highest BCUT2D eigenvalue weighted by atomic mass is 16.5. The second kappa shape index (κ2) is 5.33. The molecule has 1 aliphatic heterocycles. The number of allylic oxidation sites excluding steroid dienone is 1. The van der Waals surface area contributed by atoms with Gasteiger partial charge in [-0.15, -0.1) is 0 Å². The molecule has 1 aromatic rings. The Morgan fingerprint density at radius 1 is 1.38 bits per heavy atom. The highest BCUT2D eigenvalue weighted by molar-refractivity contribution is 6.43. The van der Waals surface area contributed by atoms with Crippen LogP contribution < -0.4 is 0 Å². The van der Waals surface area contributed by atoms with Gasteiger partial charge in [0.1, 0.15) is 0 Å². The lowest BCUT2D eigenvalue weighted by atomic mass is 9.79. The largest absolute Gasteiger partial charge is 0.458 e. The molecule has 0 amide bonds. The summed E-state index contributed by atoms with van der Waals surface area (Å²) in [6.07, 6.45) is 4.69. The number of aryl methyl sites for hydroxylation is 1. The molecule has 1 heterocycles. The third-order valence-electron chi connectivity index (χ3n) is 3.01. The molecule has 0 spiro atoms. The summed E-state index contributed by atoms with van der Waals surface area (Å²) < 4.78 is 5.51. The van der Waals surface area contributed by atoms with Crippen molar-refractivity contribution < 1.29 is 9.68 Å². The summed E-state index contributed by atoms with van der Waals surface area (Å²) >= 11 is 0. The normalized spacial score (nSPS) is 20.8. The van der Waals surface area contributed by atoms with E-state index in [1.54, 1.807) is 0 Å². The van der Waals surface area contributed by atoms with Crippen LogP contribution in [0.5, 0.6) is 0 Å². The molecule has 84 valence electrons. The van der Waals surface area contributed by atoms with Crippen molar-refractivity contribution >= 4 is 7.12 Å². The first-order valence-electron chi connectivity index (χ1n) is 5.80. The van der Waals surface area contributed by atoms with Gasteiger partial charge in [0.25, 0.3) is 0 Å². The first kappa shape index (κ1) is 11.4. The van der Waals surface area contributed by atoms with Gasteiger partial charge in [0.15, 0.2) is 0 Å². The number of hydrogen-bond donors (Lipinski definition) is 1. The maximum absolute atomic E-state index is 9.43. The zero-order chi connectivity index (χ0) is 11.4. The second-order valence-corrected chi connectivity index (χ2v) is 4.29. The van der Waals surface area contributed by atoms with E-state index >= 15 is 0 Å². The van der Waals surface area contributed by atoms with Gasteiger partial charge in [0, 0.05) is 6.32 Å². The van der Waals surface area contributed by atoms with Gasteiger partial charge < -0.3 is 9.68 Å². The van der Waals surface area contributed by atoms with Crippen LogP contribution in [-0.4, -0.2) is 18.2 Å². The molecule has 0 saturated heterocycles.